The standard InChI is InChI=1S/C13H19NO3S/c1-4-11(8-18)7-17-13-6-9(2)12(14(15)16)5-10(13)3/h5-6,11,18H,4,7-8H2,1-3H3. The van der Waals surface area contributed by atoms with Crippen LogP contribution in [0.3, 0.4) is 0 Å². The largest absolute Gasteiger partial charge is 0.493 e. The number of aryl methyl sites for hydroxylation is 2. The van der Waals surface area contributed by atoms with Crippen molar-refractivity contribution < 1.29 is 9.66 Å². The summed E-state index contributed by atoms with van der Waals surface area (Å²) in [4.78, 5) is 10.4. The molecule has 0 heterocycles. The van der Waals surface area contributed by atoms with Crippen LogP contribution in [0.25, 0.3) is 0 Å². The van der Waals surface area contributed by atoms with Gasteiger partial charge in [-0.15, -0.1) is 0 Å². The lowest BCUT2D eigenvalue weighted by Gasteiger charge is -2.15. The topological polar surface area (TPSA) is 52.4 Å². The second-order valence-electron chi connectivity index (χ2n) is 4.43. The minimum Gasteiger partial charge on any atom is -0.493 e. The van der Waals surface area contributed by atoms with Gasteiger partial charge in [-0.2, -0.15) is 12.6 Å². The number of benzene rings is 1. The summed E-state index contributed by atoms with van der Waals surface area (Å²) in [6.45, 7) is 6.24. The van der Waals surface area contributed by atoms with E-state index in [1.165, 1.54) is 0 Å². The molecule has 0 aliphatic heterocycles. The molecule has 0 radical (unpaired) electrons. The van der Waals surface area contributed by atoms with Crippen molar-refractivity contribution in [2.75, 3.05) is 12.4 Å². The predicted molar refractivity (Wildman–Crippen MR) is 75.7 cm³/mol. The normalized spacial score (nSPS) is 12.2. The molecule has 1 rings (SSSR count). The van der Waals surface area contributed by atoms with Crippen LogP contribution in [0.2, 0.25) is 0 Å². The molecule has 0 bridgehead atoms. The van der Waals surface area contributed by atoms with E-state index in [1.807, 2.05) is 6.92 Å². The Morgan fingerprint density at radius 1 is 1.39 bits per heavy atom. The molecule has 0 N–H and O–H groups in total. The Balaban J connectivity index is 2.85. The van der Waals surface area contributed by atoms with E-state index in [0.29, 0.717) is 18.1 Å². The lowest BCUT2D eigenvalue weighted by atomic mass is 10.1. The van der Waals surface area contributed by atoms with Crippen LogP contribution in [-0.2, 0) is 0 Å². The van der Waals surface area contributed by atoms with E-state index in [4.69, 9.17) is 4.74 Å². The Kier molecular flexibility index (Phi) is 5.47. The van der Waals surface area contributed by atoms with Crippen molar-refractivity contribution in [2.24, 2.45) is 5.92 Å². The van der Waals surface area contributed by atoms with Crippen LogP contribution >= 0.6 is 12.6 Å². The first-order valence-corrected chi connectivity index (χ1v) is 6.62. The highest BCUT2D eigenvalue weighted by atomic mass is 32.1. The highest BCUT2D eigenvalue weighted by molar-refractivity contribution is 7.80. The van der Waals surface area contributed by atoms with Crippen molar-refractivity contribution in [1.29, 1.82) is 0 Å². The van der Waals surface area contributed by atoms with E-state index < -0.39 is 0 Å². The van der Waals surface area contributed by atoms with Gasteiger partial charge < -0.3 is 4.74 Å². The van der Waals surface area contributed by atoms with Gasteiger partial charge in [0.1, 0.15) is 5.75 Å². The Bertz CT molecular complexity index is 430. The summed E-state index contributed by atoms with van der Waals surface area (Å²) >= 11 is 4.26. The van der Waals surface area contributed by atoms with Crippen molar-refractivity contribution in [1.82, 2.24) is 0 Å². The summed E-state index contributed by atoms with van der Waals surface area (Å²) in [5.74, 6) is 1.91. The van der Waals surface area contributed by atoms with Crippen LogP contribution in [0.1, 0.15) is 24.5 Å². The summed E-state index contributed by atoms with van der Waals surface area (Å²) in [5, 5.41) is 10.8. The quantitative estimate of drug-likeness (QED) is 0.488. The van der Waals surface area contributed by atoms with Crippen molar-refractivity contribution in [3.8, 4) is 5.75 Å². The van der Waals surface area contributed by atoms with Crippen molar-refractivity contribution in [3.63, 3.8) is 0 Å². The fraction of sp³-hybridized carbons (Fsp3) is 0.538. The summed E-state index contributed by atoms with van der Waals surface area (Å²) in [5.41, 5.74) is 1.56. The van der Waals surface area contributed by atoms with E-state index in [9.17, 15) is 10.1 Å². The zero-order valence-electron chi connectivity index (χ0n) is 11.0. The monoisotopic (exact) mass is 269 g/mol. The van der Waals surface area contributed by atoms with Crippen LogP contribution in [0, 0.1) is 29.9 Å². The second kappa shape index (κ2) is 6.64. The van der Waals surface area contributed by atoms with E-state index in [2.05, 4.69) is 19.6 Å². The molecule has 0 fully saturated rings. The number of rotatable bonds is 6. The first-order chi connectivity index (χ1) is 8.49. The third kappa shape index (κ3) is 3.63. The van der Waals surface area contributed by atoms with Gasteiger partial charge >= 0.3 is 0 Å². The van der Waals surface area contributed by atoms with Gasteiger partial charge in [-0.3, -0.25) is 10.1 Å². The van der Waals surface area contributed by atoms with Gasteiger partial charge in [0, 0.05) is 17.5 Å². The van der Waals surface area contributed by atoms with Crippen molar-refractivity contribution in [3.05, 3.63) is 33.4 Å². The van der Waals surface area contributed by atoms with Crippen LogP contribution in [0.5, 0.6) is 5.75 Å². The number of nitrogens with zero attached hydrogens (tertiary/aromatic N) is 1. The maximum atomic E-state index is 10.8. The lowest BCUT2D eigenvalue weighted by molar-refractivity contribution is -0.385. The highest BCUT2D eigenvalue weighted by Crippen LogP contribution is 2.28. The molecule has 0 amide bonds. The Hall–Kier alpha value is -1.23. The number of hydrogen-bond acceptors (Lipinski definition) is 4. The number of nitro benzene ring substituents is 1. The molecule has 0 aromatic heterocycles. The van der Waals surface area contributed by atoms with Crippen LogP contribution in [-0.4, -0.2) is 17.3 Å². The molecule has 100 valence electrons. The molecule has 0 aliphatic carbocycles. The molecular weight excluding hydrogens is 250 g/mol. The maximum absolute atomic E-state index is 10.8. The maximum Gasteiger partial charge on any atom is 0.272 e. The lowest BCUT2D eigenvalue weighted by Crippen LogP contribution is -2.13. The van der Waals surface area contributed by atoms with Gasteiger partial charge in [0.05, 0.1) is 11.5 Å². The fourth-order valence-electron chi connectivity index (χ4n) is 1.63. The van der Waals surface area contributed by atoms with Crippen molar-refractivity contribution >= 4 is 18.3 Å². The zero-order chi connectivity index (χ0) is 13.7. The first kappa shape index (κ1) is 14.8. The average Bonchev–Trinajstić information content (AvgIpc) is 2.33. The van der Waals surface area contributed by atoms with E-state index in [1.54, 1.807) is 19.1 Å². The third-order valence-corrected chi connectivity index (χ3v) is 3.52. The molecule has 0 saturated heterocycles. The summed E-state index contributed by atoms with van der Waals surface area (Å²) in [7, 11) is 0. The van der Waals surface area contributed by atoms with Gasteiger partial charge in [0.2, 0.25) is 0 Å². The SMILES string of the molecule is CCC(CS)COc1cc(C)c([N+](=O)[O-])cc1C. The van der Waals surface area contributed by atoms with E-state index in [-0.39, 0.29) is 10.6 Å². The number of nitro groups is 1. The number of hydrogen-bond donors (Lipinski definition) is 1. The molecule has 1 aromatic carbocycles. The minimum absolute atomic E-state index is 0.140. The van der Waals surface area contributed by atoms with Crippen LogP contribution < -0.4 is 4.74 Å². The molecule has 1 atom stereocenters. The minimum atomic E-state index is -0.366. The molecule has 5 heteroatoms. The average molecular weight is 269 g/mol. The first-order valence-electron chi connectivity index (χ1n) is 5.98. The molecule has 18 heavy (non-hydrogen) atoms. The highest BCUT2D eigenvalue weighted by Gasteiger charge is 2.14. The molecule has 0 aliphatic rings. The van der Waals surface area contributed by atoms with E-state index >= 15 is 0 Å². The Labute approximate surface area is 113 Å². The smallest absolute Gasteiger partial charge is 0.272 e. The zero-order valence-corrected chi connectivity index (χ0v) is 11.9. The van der Waals surface area contributed by atoms with Crippen LogP contribution in [0.15, 0.2) is 12.1 Å². The number of thiol groups is 1. The molecule has 1 unspecified atom stereocenters. The third-order valence-electron chi connectivity index (χ3n) is 3.00. The fourth-order valence-corrected chi connectivity index (χ4v) is 2.00. The van der Waals surface area contributed by atoms with Gasteiger partial charge in [-0.25, -0.2) is 0 Å². The summed E-state index contributed by atoms with van der Waals surface area (Å²) in [6.07, 6.45) is 1.01. The second-order valence-corrected chi connectivity index (χ2v) is 4.79. The van der Waals surface area contributed by atoms with Gasteiger partial charge in [0.25, 0.3) is 5.69 Å². The predicted octanol–water partition coefficient (Wildman–Crippen LogP) is 3.55. The molecule has 1 aromatic rings. The summed E-state index contributed by atoms with van der Waals surface area (Å²) in [6, 6.07) is 3.30. The number of ether oxygens (including phenoxy) is 1. The Morgan fingerprint density at radius 3 is 2.56 bits per heavy atom. The van der Waals surface area contributed by atoms with Gasteiger partial charge in [-0.05, 0) is 37.7 Å². The van der Waals surface area contributed by atoms with E-state index in [0.717, 1.165) is 23.5 Å². The molecule has 0 spiro atoms. The van der Waals surface area contributed by atoms with Crippen LogP contribution in [0.4, 0.5) is 5.69 Å². The molecule has 0 saturated carbocycles. The van der Waals surface area contributed by atoms with Gasteiger partial charge in [0.15, 0.2) is 0 Å². The molecule has 4 nitrogen and oxygen atoms in total. The Morgan fingerprint density at radius 2 is 2.06 bits per heavy atom. The molecular formula is C13H19NO3S. The van der Waals surface area contributed by atoms with Gasteiger partial charge in [-0.1, -0.05) is 6.92 Å². The summed E-state index contributed by atoms with van der Waals surface area (Å²) < 4.78 is 5.72. The van der Waals surface area contributed by atoms with Crippen molar-refractivity contribution in [2.45, 2.75) is 27.2 Å².